The van der Waals surface area contributed by atoms with Gasteiger partial charge >= 0.3 is 0 Å². The number of aromatic amines is 1. The molecule has 120 valence electrons. The van der Waals surface area contributed by atoms with Crippen LogP contribution in [-0.4, -0.2) is 12.2 Å². The van der Waals surface area contributed by atoms with Gasteiger partial charge in [0.05, 0.1) is 11.1 Å². The minimum Gasteiger partial charge on any atom is -0.397 e. The Kier molecular flexibility index (Phi) is 4.29. The van der Waals surface area contributed by atoms with Crippen LogP contribution in [0.1, 0.15) is 15.2 Å². The third kappa shape index (κ3) is 2.87. The standard InChI is InChI=1S/C16H13N5OS2/c1-23-10-4-2-9(3-5-10)20-15(22)13-12(18)11-6-8(7-17)14(19)21-16(11)24-13/h2-6H,18H2,1H3,(H2,19,21)(H,20,22)/p+1. The molecule has 0 aliphatic carbocycles. The number of nitriles is 1. The van der Waals surface area contributed by atoms with Crippen LogP contribution in [0.25, 0.3) is 10.2 Å². The molecule has 0 bridgehead atoms. The largest absolute Gasteiger partial charge is 0.397 e. The summed E-state index contributed by atoms with van der Waals surface area (Å²) in [5.74, 6) is -0.0399. The zero-order valence-electron chi connectivity index (χ0n) is 12.7. The number of carbonyl (C=O) groups excluding carboxylic acids is 1. The van der Waals surface area contributed by atoms with Crippen molar-refractivity contribution in [1.82, 2.24) is 0 Å². The van der Waals surface area contributed by atoms with E-state index in [1.165, 1.54) is 11.3 Å². The molecule has 8 heteroatoms. The fourth-order valence-corrected chi connectivity index (χ4v) is 3.64. The van der Waals surface area contributed by atoms with E-state index in [0.717, 1.165) is 4.90 Å². The highest BCUT2D eigenvalue weighted by Crippen LogP contribution is 2.33. The first-order valence-corrected chi connectivity index (χ1v) is 8.97. The van der Waals surface area contributed by atoms with Gasteiger partial charge in [0.15, 0.2) is 4.83 Å². The van der Waals surface area contributed by atoms with Crippen molar-refractivity contribution in [3.63, 3.8) is 0 Å². The number of nitrogens with two attached hydrogens (primary N) is 2. The van der Waals surface area contributed by atoms with Crippen LogP contribution in [0.4, 0.5) is 17.2 Å². The lowest BCUT2D eigenvalue weighted by molar-refractivity contribution is -0.323. The summed E-state index contributed by atoms with van der Waals surface area (Å²) in [5, 5.41) is 12.5. The molecule has 0 unspecified atom stereocenters. The van der Waals surface area contributed by atoms with Crippen LogP contribution < -0.4 is 21.8 Å². The number of nitrogen functional groups attached to an aromatic ring is 2. The monoisotopic (exact) mass is 356 g/mol. The van der Waals surface area contributed by atoms with Crippen molar-refractivity contribution in [3.05, 3.63) is 40.8 Å². The SMILES string of the molecule is CSc1ccc(NC(=O)c2sc3[nH+]c(N)c(C#N)cc3c2N)cc1. The predicted molar refractivity (Wildman–Crippen MR) is 98.1 cm³/mol. The molecule has 24 heavy (non-hydrogen) atoms. The normalized spacial score (nSPS) is 10.5. The maximum atomic E-state index is 12.5. The lowest BCUT2D eigenvalue weighted by Gasteiger charge is -2.05. The zero-order valence-corrected chi connectivity index (χ0v) is 14.3. The average molecular weight is 356 g/mol. The molecule has 3 aromatic rings. The van der Waals surface area contributed by atoms with Gasteiger partial charge in [-0.15, -0.1) is 11.8 Å². The first-order chi connectivity index (χ1) is 11.5. The predicted octanol–water partition coefficient (Wildman–Crippen LogP) is 2.73. The van der Waals surface area contributed by atoms with E-state index in [0.29, 0.717) is 32.0 Å². The molecule has 1 aromatic carbocycles. The first kappa shape index (κ1) is 16.1. The van der Waals surface area contributed by atoms with Gasteiger partial charge in [-0.2, -0.15) is 5.26 Å². The second kappa shape index (κ2) is 6.39. The summed E-state index contributed by atoms with van der Waals surface area (Å²) in [5.41, 5.74) is 13.2. The number of hydrogen-bond donors (Lipinski definition) is 3. The summed E-state index contributed by atoms with van der Waals surface area (Å²) in [6.45, 7) is 0. The van der Waals surface area contributed by atoms with Crippen molar-refractivity contribution in [2.24, 2.45) is 0 Å². The van der Waals surface area contributed by atoms with Crippen molar-refractivity contribution >= 4 is 56.4 Å². The molecule has 3 rings (SSSR count). The molecule has 2 aromatic heterocycles. The van der Waals surface area contributed by atoms with Gasteiger partial charge in [0.25, 0.3) is 11.7 Å². The van der Waals surface area contributed by atoms with Crippen LogP contribution in [-0.2, 0) is 0 Å². The van der Waals surface area contributed by atoms with Gasteiger partial charge in [0.2, 0.25) is 0 Å². The number of thioether (sulfide) groups is 1. The van der Waals surface area contributed by atoms with Crippen LogP contribution in [0.15, 0.2) is 35.2 Å². The van der Waals surface area contributed by atoms with Gasteiger partial charge < -0.3 is 11.1 Å². The van der Waals surface area contributed by atoms with Gasteiger partial charge in [-0.25, -0.2) is 4.98 Å². The number of rotatable bonds is 3. The molecule has 6 N–H and O–H groups in total. The van der Waals surface area contributed by atoms with Crippen LogP contribution >= 0.6 is 23.1 Å². The highest BCUT2D eigenvalue weighted by atomic mass is 32.2. The van der Waals surface area contributed by atoms with Crippen LogP contribution in [0.5, 0.6) is 0 Å². The summed E-state index contributed by atoms with van der Waals surface area (Å²) < 4.78 is 0. The second-order valence-corrected chi connectivity index (χ2v) is 6.88. The molecule has 0 saturated carbocycles. The number of hydrogen-bond acceptors (Lipinski definition) is 6. The highest BCUT2D eigenvalue weighted by molar-refractivity contribution is 7.98. The Balaban J connectivity index is 1.94. The van der Waals surface area contributed by atoms with E-state index in [9.17, 15) is 4.79 Å². The number of amides is 1. The summed E-state index contributed by atoms with van der Waals surface area (Å²) in [4.78, 5) is 17.6. The topological polar surface area (TPSA) is 119 Å². The summed E-state index contributed by atoms with van der Waals surface area (Å²) in [7, 11) is 0. The van der Waals surface area contributed by atoms with E-state index in [2.05, 4.69) is 10.3 Å². The van der Waals surface area contributed by atoms with Crippen LogP contribution in [0.3, 0.4) is 0 Å². The molecule has 6 nitrogen and oxygen atoms in total. The van der Waals surface area contributed by atoms with Gasteiger partial charge in [0.1, 0.15) is 16.5 Å². The molecule has 0 aliphatic heterocycles. The van der Waals surface area contributed by atoms with Crippen molar-refractivity contribution in [3.8, 4) is 6.07 Å². The van der Waals surface area contributed by atoms with E-state index < -0.39 is 0 Å². The number of pyridine rings is 1. The maximum Gasteiger partial charge on any atom is 0.289 e. The zero-order chi connectivity index (χ0) is 17.3. The van der Waals surface area contributed by atoms with Crippen molar-refractivity contribution in [2.45, 2.75) is 4.90 Å². The van der Waals surface area contributed by atoms with Crippen molar-refractivity contribution in [2.75, 3.05) is 23.0 Å². The Bertz CT molecular complexity index is 973. The molecule has 0 saturated heterocycles. The lowest BCUT2D eigenvalue weighted by Crippen LogP contribution is -2.12. The number of carbonyl (C=O) groups is 1. The van der Waals surface area contributed by atoms with E-state index in [1.807, 2.05) is 36.6 Å². The number of fused-ring (bicyclic) bond motifs is 1. The number of nitrogens with one attached hydrogen (secondary N) is 2. The van der Waals surface area contributed by atoms with Gasteiger partial charge in [0, 0.05) is 10.6 Å². The smallest absolute Gasteiger partial charge is 0.289 e. The Morgan fingerprint density at radius 1 is 1.33 bits per heavy atom. The van der Waals surface area contributed by atoms with Gasteiger partial charge in [-0.05, 0) is 36.6 Å². The summed E-state index contributed by atoms with van der Waals surface area (Å²) in [6, 6.07) is 11.1. The summed E-state index contributed by atoms with van der Waals surface area (Å²) >= 11 is 2.84. The van der Waals surface area contributed by atoms with Gasteiger partial charge in [-0.1, -0.05) is 11.3 Å². The number of thiophene rings is 1. The average Bonchev–Trinajstić information content (AvgIpc) is 2.90. The second-order valence-electron chi connectivity index (χ2n) is 4.98. The van der Waals surface area contributed by atoms with E-state index in [-0.39, 0.29) is 11.7 Å². The fraction of sp³-hybridized carbons (Fsp3) is 0.0625. The molecular weight excluding hydrogens is 342 g/mol. The molecule has 0 radical (unpaired) electrons. The number of H-pyrrole nitrogens is 1. The number of benzene rings is 1. The van der Waals surface area contributed by atoms with E-state index >= 15 is 0 Å². The third-order valence-electron chi connectivity index (χ3n) is 3.49. The fourth-order valence-electron chi connectivity index (χ4n) is 2.23. The first-order valence-electron chi connectivity index (χ1n) is 6.92. The Morgan fingerprint density at radius 2 is 2.04 bits per heavy atom. The van der Waals surface area contributed by atoms with Crippen LogP contribution in [0, 0.1) is 11.3 Å². The molecule has 0 fully saturated rings. The molecule has 1 amide bonds. The highest BCUT2D eigenvalue weighted by Gasteiger charge is 2.21. The number of aromatic nitrogens is 1. The summed E-state index contributed by atoms with van der Waals surface area (Å²) in [6.07, 6.45) is 1.99. The molecule has 0 spiro atoms. The number of nitrogens with zero attached hydrogens (tertiary/aromatic N) is 1. The third-order valence-corrected chi connectivity index (χ3v) is 5.36. The van der Waals surface area contributed by atoms with Crippen molar-refractivity contribution < 1.29 is 9.78 Å². The minimum absolute atomic E-state index is 0.255. The number of anilines is 3. The van der Waals surface area contributed by atoms with Gasteiger partial charge in [-0.3, -0.25) is 10.5 Å². The molecule has 0 aliphatic rings. The van der Waals surface area contributed by atoms with E-state index in [1.54, 1.807) is 17.8 Å². The molecule has 0 atom stereocenters. The van der Waals surface area contributed by atoms with Crippen LogP contribution in [0.2, 0.25) is 0 Å². The Morgan fingerprint density at radius 3 is 2.67 bits per heavy atom. The van der Waals surface area contributed by atoms with E-state index in [4.69, 9.17) is 16.7 Å². The molecule has 2 heterocycles. The quantitative estimate of drug-likeness (QED) is 0.623. The Hall–Kier alpha value is -2.76. The lowest BCUT2D eigenvalue weighted by atomic mass is 10.2. The molecular formula is C16H14N5OS2+. The minimum atomic E-state index is -0.295. The maximum absolute atomic E-state index is 12.5. The van der Waals surface area contributed by atoms with Crippen molar-refractivity contribution in [1.29, 1.82) is 5.26 Å². The Labute approximate surface area is 146 Å².